The van der Waals surface area contributed by atoms with E-state index in [9.17, 15) is 14.7 Å². The quantitative estimate of drug-likeness (QED) is 0.860. The molecule has 1 N–H and O–H groups in total. The monoisotopic (exact) mass is 334 g/mol. The number of nitrogens with one attached hydrogen (secondary N) is 1. The van der Waals surface area contributed by atoms with E-state index in [0.29, 0.717) is 11.3 Å². The molecule has 0 aliphatic rings. The normalized spacial score (nSPS) is 11.2. The van der Waals surface area contributed by atoms with Crippen molar-refractivity contribution in [3.05, 3.63) is 64.2 Å². The average molecular weight is 335 g/mol. The molecule has 20 heavy (non-hydrogen) atoms. The lowest BCUT2D eigenvalue weighted by Crippen LogP contribution is -2.35. The molecule has 0 fully saturated rings. The van der Waals surface area contributed by atoms with Gasteiger partial charge in [0.1, 0.15) is 5.76 Å². The van der Waals surface area contributed by atoms with Crippen LogP contribution in [0.2, 0.25) is 0 Å². The first-order valence-corrected chi connectivity index (χ1v) is 6.39. The van der Waals surface area contributed by atoms with Crippen molar-refractivity contribution in [2.75, 3.05) is 0 Å². The summed E-state index contributed by atoms with van der Waals surface area (Å²) in [5.74, 6) is -1.73. The highest BCUT2D eigenvalue weighted by molar-refractivity contribution is 9.10. The molecule has 0 radical (unpaired) electrons. The Hall–Kier alpha value is -2.34. The van der Waals surface area contributed by atoms with Crippen molar-refractivity contribution in [3.63, 3.8) is 0 Å². The maximum atomic E-state index is 11.9. The smallest absolute Gasteiger partial charge is 0.255 e. The van der Waals surface area contributed by atoms with Crippen molar-refractivity contribution < 1.29 is 19.1 Å². The van der Waals surface area contributed by atoms with Crippen molar-refractivity contribution in [2.45, 2.75) is 0 Å². The van der Waals surface area contributed by atoms with Crippen molar-refractivity contribution >= 4 is 33.9 Å². The Kier molecular flexibility index (Phi) is 4.37. The van der Waals surface area contributed by atoms with Gasteiger partial charge in [0, 0.05) is 16.1 Å². The van der Waals surface area contributed by atoms with Crippen molar-refractivity contribution in [2.24, 2.45) is 0 Å². The Morgan fingerprint density at radius 1 is 1.20 bits per heavy atom. The molecule has 1 amide bonds. The minimum atomic E-state index is -1.49. The largest absolute Gasteiger partial charge is 0.543 e. The van der Waals surface area contributed by atoms with E-state index in [0.717, 1.165) is 4.47 Å². The highest BCUT2D eigenvalue weighted by Gasteiger charge is 2.09. The third-order valence-corrected chi connectivity index (χ3v) is 2.93. The van der Waals surface area contributed by atoms with Gasteiger partial charge in [0.25, 0.3) is 5.91 Å². The summed E-state index contributed by atoms with van der Waals surface area (Å²) < 4.78 is 5.81. The second kappa shape index (κ2) is 6.21. The summed E-state index contributed by atoms with van der Waals surface area (Å²) in [6, 6.07) is 9.68. The highest BCUT2D eigenvalue weighted by Crippen LogP contribution is 2.11. The molecule has 0 saturated heterocycles. The third kappa shape index (κ3) is 3.58. The van der Waals surface area contributed by atoms with Crippen LogP contribution in [0.15, 0.2) is 57.2 Å². The van der Waals surface area contributed by atoms with Crippen LogP contribution in [-0.2, 0) is 4.79 Å². The number of benzene rings is 1. The van der Waals surface area contributed by atoms with Gasteiger partial charge in [-0.25, -0.2) is 0 Å². The lowest BCUT2D eigenvalue weighted by atomic mass is 10.2. The fourth-order valence-corrected chi connectivity index (χ4v) is 1.72. The fraction of sp³-hybridized carbons (Fsp3) is 0. The number of aliphatic carboxylic acids is 1. The molecule has 0 aliphatic heterocycles. The molecular formula is C14H9BrNO4-. The fourth-order valence-electron chi connectivity index (χ4n) is 1.46. The van der Waals surface area contributed by atoms with Gasteiger partial charge in [-0.05, 0) is 36.4 Å². The molecule has 0 saturated carbocycles. The standard InChI is InChI=1S/C14H10BrNO4/c15-10-5-3-9(4-6-10)13(17)16-12(14(18)19)8-11-2-1-7-20-11/h1-8H,(H,16,17)(H,18,19)/p-1/b12-8-. The van der Waals surface area contributed by atoms with Gasteiger partial charge in [-0.15, -0.1) is 0 Å². The summed E-state index contributed by atoms with van der Waals surface area (Å²) in [5.41, 5.74) is -0.0346. The van der Waals surface area contributed by atoms with Gasteiger partial charge in [0.15, 0.2) is 0 Å². The number of carboxylic acid groups (broad SMARTS) is 1. The van der Waals surface area contributed by atoms with Gasteiger partial charge in [-0.3, -0.25) is 4.79 Å². The van der Waals surface area contributed by atoms with Crippen LogP contribution in [0, 0.1) is 0 Å². The lowest BCUT2D eigenvalue weighted by Gasteiger charge is -2.10. The van der Waals surface area contributed by atoms with E-state index in [-0.39, 0.29) is 5.70 Å². The Morgan fingerprint density at radius 2 is 1.90 bits per heavy atom. The summed E-state index contributed by atoms with van der Waals surface area (Å²) in [7, 11) is 0. The van der Waals surface area contributed by atoms with Crippen LogP contribution in [0.5, 0.6) is 0 Å². The lowest BCUT2D eigenvalue weighted by molar-refractivity contribution is -0.299. The highest BCUT2D eigenvalue weighted by atomic mass is 79.9. The first-order valence-electron chi connectivity index (χ1n) is 5.60. The summed E-state index contributed by atoms with van der Waals surface area (Å²) in [4.78, 5) is 22.9. The molecule has 1 heterocycles. The van der Waals surface area contributed by atoms with Crippen LogP contribution >= 0.6 is 15.9 Å². The number of carbonyl (C=O) groups is 2. The van der Waals surface area contributed by atoms with Crippen molar-refractivity contribution in [3.8, 4) is 0 Å². The van der Waals surface area contributed by atoms with Crippen LogP contribution in [0.4, 0.5) is 0 Å². The maximum Gasteiger partial charge on any atom is 0.255 e. The summed E-state index contributed by atoms with van der Waals surface area (Å²) in [6.07, 6.45) is 2.58. The van der Waals surface area contributed by atoms with Crippen LogP contribution in [0.25, 0.3) is 6.08 Å². The summed E-state index contributed by atoms with van der Waals surface area (Å²) >= 11 is 3.25. The Balaban J connectivity index is 2.18. The number of halogens is 1. The van der Waals surface area contributed by atoms with Crippen LogP contribution in [-0.4, -0.2) is 11.9 Å². The predicted molar refractivity (Wildman–Crippen MR) is 73.3 cm³/mol. The van der Waals surface area contributed by atoms with E-state index in [2.05, 4.69) is 21.2 Å². The zero-order valence-electron chi connectivity index (χ0n) is 10.1. The molecule has 5 nitrogen and oxygen atoms in total. The summed E-state index contributed by atoms with van der Waals surface area (Å²) in [5, 5.41) is 13.3. The molecule has 2 aromatic rings. The molecule has 0 bridgehead atoms. The SMILES string of the molecule is O=C([O-])/C(=C/c1ccco1)NC(=O)c1ccc(Br)cc1. The molecule has 1 aromatic heterocycles. The molecule has 6 heteroatoms. The third-order valence-electron chi connectivity index (χ3n) is 2.40. The van der Waals surface area contributed by atoms with Crippen LogP contribution in [0.3, 0.4) is 0 Å². The number of rotatable bonds is 4. The van der Waals surface area contributed by atoms with E-state index >= 15 is 0 Å². The minimum Gasteiger partial charge on any atom is -0.543 e. The number of furan rings is 1. The second-order valence-electron chi connectivity index (χ2n) is 3.82. The molecule has 0 aliphatic carbocycles. The molecular weight excluding hydrogens is 326 g/mol. The predicted octanol–water partition coefficient (Wildman–Crippen LogP) is 1.56. The number of carbonyl (C=O) groups excluding carboxylic acids is 2. The van der Waals surface area contributed by atoms with Crippen molar-refractivity contribution in [1.29, 1.82) is 0 Å². The van der Waals surface area contributed by atoms with E-state index in [4.69, 9.17) is 4.42 Å². The molecule has 0 spiro atoms. The summed E-state index contributed by atoms with van der Waals surface area (Å²) in [6.45, 7) is 0. The molecule has 0 atom stereocenters. The van der Waals surface area contributed by atoms with Gasteiger partial charge in [-0.2, -0.15) is 0 Å². The zero-order valence-corrected chi connectivity index (χ0v) is 11.7. The van der Waals surface area contributed by atoms with E-state index in [1.165, 1.54) is 12.3 Å². The van der Waals surface area contributed by atoms with Crippen molar-refractivity contribution in [1.82, 2.24) is 5.32 Å². The maximum absolute atomic E-state index is 11.9. The average Bonchev–Trinajstić information content (AvgIpc) is 2.91. The van der Waals surface area contributed by atoms with Gasteiger partial charge in [0.2, 0.25) is 0 Å². The number of carboxylic acids is 1. The Morgan fingerprint density at radius 3 is 2.45 bits per heavy atom. The van der Waals surface area contributed by atoms with E-state index in [1.807, 2.05) is 0 Å². The molecule has 0 unspecified atom stereocenters. The van der Waals surface area contributed by atoms with Gasteiger partial charge >= 0.3 is 0 Å². The molecule has 1 aromatic carbocycles. The zero-order chi connectivity index (χ0) is 14.5. The molecule has 2 rings (SSSR count). The first kappa shape index (κ1) is 14.1. The topological polar surface area (TPSA) is 82.4 Å². The van der Waals surface area contributed by atoms with E-state index in [1.54, 1.807) is 36.4 Å². The Labute approximate surface area is 123 Å². The van der Waals surface area contributed by atoms with E-state index < -0.39 is 11.9 Å². The van der Waals surface area contributed by atoms with Gasteiger partial charge in [-0.1, -0.05) is 15.9 Å². The first-order chi connectivity index (χ1) is 9.56. The molecule has 102 valence electrons. The van der Waals surface area contributed by atoms with Crippen LogP contribution in [0.1, 0.15) is 16.1 Å². The minimum absolute atomic E-state index is 0.306. The van der Waals surface area contributed by atoms with Gasteiger partial charge in [0.05, 0.1) is 17.9 Å². The number of amides is 1. The van der Waals surface area contributed by atoms with Gasteiger partial charge < -0.3 is 19.6 Å². The second-order valence-corrected chi connectivity index (χ2v) is 4.74. The number of hydrogen-bond acceptors (Lipinski definition) is 4. The number of hydrogen-bond donors (Lipinski definition) is 1. The Bertz CT molecular complexity index is 644. The van der Waals surface area contributed by atoms with Crippen LogP contribution < -0.4 is 10.4 Å².